The smallest absolute Gasteiger partial charge is 0.0952 e. The minimum Gasteiger partial charge on any atom is -0.388 e. The Labute approximate surface area is 97.5 Å². The molecular weight excluding hydrogens is 200 g/mol. The zero-order chi connectivity index (χ0) is 11.9. The van der Waals surface area contributed by atoms with E-state index in [1.54, 1.807) is 0 Å². The summed E-state index contributed by atoms with van der Waals surface area (Å²) in [4.78, 5) is 4.50. The Morgan fingerprint density at radius 3 is 2.38 bits per heavy atom. The van der Waals surface area contributed by atoms with Crippen LogP contribution in [0.5, 0.6) is 0 Å². The number of imidazole rings is 1. The fraction of sp³-hybridized carbons (Fsp3) is 0.769. The van der Waals surface area contributed by atoms with Crippen molar-refractivity contribution in [2.75, 3.05) is 0 Å². The van der Waals surface area contributed by atoms with Crippen molar-refractivity contribution in [3.05, 3.63) is 17.7 Å². The van der Waals surface area contributed by atoms with Crippen molar-refractivity contribution in [1.82, 2.24) is 9.55 Å². The van der Waals surface area contributed by atoms with E-state index in [2.05, 4.69) is 37.2 Å². The van der Waals surface area contributed by atoms with Crippen molar-refractivity contribution in [3.8, 4) is 0 Å². The van der Waals surface area contributed by atoms with E-state index in [1.165, 1.54) is 11.4 Å². The Hall–Kier alpha value is -0.830. The summed E-state index contributed by atoms with van der Waals surface area (Å²) >= 11 is 0. The molecule has 2 rings (SSSR count). The summed E-state index contributed by atoms with van der Waals surface area (Å²) in [5.74, 6) is 0.912. The van der Waals surface area contributed by atoms with E-state index in [0.717, 1.165) is 12.8 Å². The second-order valence-electron chi connectivity index (χ2n) is 5.68. The lowest BCUT2D eigenvalue weighted by molar-refractivity contribution is 0.128. The van der Waals surface area contributed by atoms with Crippen molar-refractivity contribution in [1.29, 1.82) is 0 Å². The summed E-state index contributed by atoms with van der Waals surface area (Å²) in [6, 6.07) is 0. The molecule has 90 valence electrons. The molecule has 1 N–H and O–H groups in total. The van der Waals surface area contributed by atoms with Gasteiger partial charge in [0.2, 0.25) is 0 Å². The standard InChI is InChI=1S/C13H22N2O/c1-9(2)11-12(10(3)4)15(8-14-11)7-13(16)5-6-13/h8-10,16H,5-7H2,1-4H3. The summed E-state index contributed by atoms with van der Waals surface area (Å²) in [7, 11) is 0. The molecule has 1 aliphatic rings. The number of rotatable bonds is 4. The molecule has 1 aromatic rings. The van der Waals surface area contributed by atoms with E-state index in [0.29, 0.717) is 18.4 Å². The summed E-state index contributed by atoms with van der Waals surface area (Å²) in [5, 5.41) is 9.99. The topological polar surface area (TPSA) is 38.0 Å². The van der Waals surface area contributed by atoms with Crippen LogP contribution in [0.25, 0.3) is 0 Å². The van der Waals surface area contributed by atoms with Gasteiger partial charge in [0.05, 0.1) is 24.2 Å². The Kier molecular flexibility index (Phi) is 2.82. The second-order valence-corrected chi connectivity index (χ2v) is 5.68. The lowest BCUT2D eigenvalue weighted by atomic mass is 10.0. The highest BCUT2D eigenvalue weighted by Crippen LogP contribution is 2.38. The average Bonchev–Trinajstić information content (AvgIpc) is 2.76. The van der Waals surface area contributed by atoms with Crippen LogP contribution in [-0.2, 0) is 6.54 Å². The zero-order valence-electron chi connectivity index (χ0n) is 10.7. The van der Waals surface area contributed by atoms with Crippen LogP contribution in [-0.4, -0.2) is 20.3 Å². The van der Waals surface area contributed by atoms with Crippen LogP contribution in [0.2, 0.25) is 0 Å². The second kappa shape index (κ2) is 3.88. The Morgan fingerprint density at radius 1 is 1.31 bits per heavy atom. The first-order valence-electron chi connectivity index (χ1n) is 6.20. The Morgan fingerprint density at radius 2 is 1.94 bits per heavy atom. The van der Waals surface area contributed by atoms with Crippen molar-refractivity contribution >= 4 is 0 Å². The van der Waals surface area contributed by atoms with Crippen molar-refractivity contribution in [3.63, 3.8) is 0 Å². The molecule has 0 amide bonds. The molecule has 1 fully saturated rings. The molecule has 0 bridgehead atoms. The van der Waals surface area contributed by atoms with Crippen LogP contribution in [0, 0.1) is 0 Å². The first-order chi connectivity index (χ1) is 7.43. The van der Waals surface area contributed by atoms with E-state index < -0.39 is 5.60 Å². The van der Waals surface area contributed by atoms with Crippen LogP contribution < -0.4 is 0 Å². The van der Waals surface area contributed by atoms with Crippen LogP contribution >= 0.6 is 0 Å². The molecule has 0 unspecified atom stereocenters. The number of aromatic nitrogens is 2. The fourth-order valence-electron chi connectivity index (χ4n) is 2.23. The number of hydrogen-bond donors (Lipinski definition) is 1. The quantitative estimate of drug-likeness (QED) is 0.850. The van der Waals surface area contributed by atoms with E-state index in [-0.39, 0.29) is 0 Å². The van der Waals surface area contributed by atoms with Gasteiger partial charge in [-0.1, -0.05) is 27.7 Å². The lowest BCUT2D eigenvalue weighted by Crippen LogP contribution is -2.19. The van der Waals surface area contributed by atoms with Gasteiger partial charge in [-0.25, -0.2) is 4.98 Å². The van der Waals surface area contributed by atoms with Gasteiger partial charge in [-0.05, 0) is 24.7 Å². The van der Waals surface area contributed by atoms with E-state index in [1.807, 2.05) is 6.33 Å². The highest BCUT2D eigenvalue weighted by molar-refractivity contribution is 5.21. The van der Waals surface area contributed by atoms with Gasteiger partial charge in [0, 0.05) is 5.69 Å². The Balaban J connectivity index is 2.30. The van der Waals surface area contributed by atoms with Gasteiger partial charge >= 0.3 is 0 Å². The molecule has 0 radical (unpaired) electrons. The van der Waals surface area contributed by atoms with Gasteiger partial charge in [-0.15, -0.1) is 0 Å². The van der Waals surface area contributed by atoms with Gasteiger partial charge < -0.3 is 9.67 Å². The number of aliphatic hydroxyl groups is 1. The van der Waals surface area contributed by atoms with Crippen molar-refractivity contribution < 1.29 is 5.11 Å². The molecule has 3 nitrogen and oxygen atoms in total. The molecule has 16 heavy (non-hydrogen) atoms. The highest BCUT2D eigenvalue weighted by Gasteiger charge is 2.41. The van der Waals surface area contributed by atoms with Gasteiger partial charge in [-0.3, -0.25) is 0 Å². The van der Waals surface area contributed by atoms with Crippen LogP contribution in [0.1, 0.15) is 63.8 Å². The number of hydrogen-bond acceptors (Lipinski definition) is 2. The maximum Gasteiger partial charge on any atom is 0.0952 e. The normalized spacial score (nSPS) is 18.4. The summed E-state index contributed by atoms with van der Waals surface area (Å²) in [6.45, 7) is 9.43. The third-order valence-electron chi connectivity index (χ3n) is 3.29. The molecule has 0 spiro atoms. The van der Waals surface area contributed by atoms with Gasteiger partial charge in [0.1, 0.15) is 0 Å². The molecule has 1 aromatic heterocycles. The van der Waals surface area contributed by atoms with Gasteiger partial charge in [-0.2, -0.15) is 0 Å². The molecule has 1 aliphatic carbocycles. The Bertz CT molecular complexity index is 375. The van der Waals surface area contributed by atoms with E-state index in [4.69, 9.17) is 0 Å². The van der Waals surface area contributed by atoms with Crippen LogP contribution in [0.15, 0.2) is 6.33 Å². The molecule has 0 aromatic carbocycles. The summed E-state index contributed by atoms with van der Waals surface area (Å²) < 4.78 is 2.15. The fourth-order valence-corrected chi connectivity index (χ4v) is 2.23. The van der Waals surface area contributed by atoms with Crippen LogP contribution in [0.4, 0.5) is 0 Å². The van der Waals surface area contributed by atoms with Crippen LogP contribution in [0.3, 0.4) is 0 Å². The lowest BCUT2D eigenvalue weighted by Gasteiger charge is -2.16. The minimum atomic E-state index is -0.446. The molecule has 1 saturated carbocycles. The predicted octanol–water partition coefficient (Wildman–Crippen LogP) is 2.65. The maximum atomic E-state index is 9.99. The molecule has 3 heteroatoms. The molecule has 0 aliphatic heterocycles. The molecule has 1 heterocycles. The number of nitrogens with zero attached hydrogens (tertiary/aromatic N) is 2. The summed E-state index contributed by atoms with van der Waals surface area (Å²) in [6.07, 6.45) is 3.75. The largest absolute Gasteiger partial charge is 0.388 e. The predicted molar refractivity (Wildman–Crippen MR) is 64.6 cm³/mol. The highest BCUT2D eigenvalue weighted by atomic mass is 16.3. The molecule has 0 atom stereocenters. The SMILES string of the molecule is CC(C)c1ncn(CC2(O)CC2)c1C(C)C. The van der Waals surface area contributed by atoms with Gasteiger partial charge in [0.15, 0.2) is 0 Å². The van der Waals surface area contributed by atoms with Crippen molar-refractivity contribution in [2.24, 2.45) is 0 Å². The minimum absolute atomic E-state index is 0.446. The van der Waals surface area contributed by atoms with Crippen molar-refractivity contribution in [2.45, 2.75) is 64.5 Å². The first kappa shape index (κ1) is 11.6. The zero-order valence-corrected chi connectivity index (χ0v) is 10.7. The monoisotopic (exact) mass is 222 g/mol. The molecule has 0 saturated heterocycles. The van der Waals surface area contributed by atoms with Gasteiger partial charge in [0.25, 0.3) is 0 Å². The maximum absolute atomic E-state index is 9.99. The molecular formula is C13H22N2O. The first-order valence-corrected chi connectivity index (χ1v) is 6.20. The third kappa shape index (κ3) is 2.14. The van der Waals surface area contributed by atoms with E-state index in [9.17, 15) is 5.11 Å². The summed E-state index contributed by atoms with van der Waals surface area (Å²) in [5.41, 5.74) is 2.02. The average molecular weight is 222 g/mol. The third-order valence-corrected chi connectivity index (χ3v) is 3.29. The van der Waals surface area contributed by atoms with E-state index >= 15 is 0 Å².